The monoisotopic (exact) mass is 147 g/mol. The van der Waals surface area contributed by atoms with Crippen LogP contribution in [0.5, 0.6) is 0 Å². The molecule has 9 heavy (non-hydrogen) atoms. The Hall–Kier alpha value is 0.0969. The van der Waals surface area contributed by atoms with Crippen LogP contribution in [-0.2, 0) is 9.16 Å². The molecule has 0 bridgehead atoms. The van der Waals surface area contributed by atoms with Crippen LogP contribution in [-0.4, -0.2) is 35.8 Å². The van der Waals surface area contributed by atoms with Crippen molar-refractivity contribution in [1.82, 2.24) is 0 Å². The Labute approximate surface area is 58.5 Å². The molecule has 0 saturated carbocycles. The van der Waals surface area contributed by atoms with Gasteiger partial charge in [0.15, 0.2) is 0 Å². The molecule has 0 aromatic heterocycles. The summed E-state index contributed by atoms with van der Waals surface area (Å²) in [5.41, 5.74) is 5.22. The quantitative estimate of drug-likeness (QED) is 0.537. The van der Waals surface area contributed by atoms with E-state index in [4.69, 9.17) is 14.9 Å². The van der Waals surface area contributed by atoms with Crippen LogP contribution >= 0.6 is 0 Å². The minimum Gasteiger partial charge on any atom is -0.411 e. The molecule has 0 spiro atoms. The van der Waals surface area contributed by atoms with Crippen LogP contribution in [0.4, 0.5) is 0 Å². The number of nitrogens with two attached hydrogens (primary N) is 1. The van der Waals surface area contributed by atoms with E-state index >= 15 is 0 Å². The Balaban J connectivity index is 2.95. The third-order valence-corrected chi connectivity index (χ3v) is 1.50. The van der Waals surface area contributed by atoms with E-state index < -0.39 is 0 Å². The number of hydrogen-bond acceptors (Lipinski definition) is 3. The summed E-state index contributed by atoms with van der Waals surface area (Å²) >= 11 is 0. The van der Waals surface area contributed by atoms with E-state index in [-0.39, 0.29) is 6.10 Å². The molecular weight excluding hydrogens is 134 g/mol. The third kappa shape index (κ3) is 5.98. The Kier molecular flexibility index (Phi) is 6.29. The first-order valence-electron chi connectivity index (χ1n) is 2.88. The third-order valence-electron chi connectivity index (χ3n) is 0.769. The molecule has 2 radical (unpaired) electrons. The molecule has 0 saturated heterocycles. The molecule has 0 amide bonds. The summed E-state index contributed by atoms with van der Waals surface area (Å²) in [6.45, 7) is 2.61. The van der Waals surface area contributed by atoms with Crippen LogP contribution in [0.15, 0.2) is 0 Å². The summed E-state index contributed by atoms with van der Waals surface area (Å²) in [5.74, 6) is 0. The Morgan fingerprint density at radius 2 is 2.33 bits per heavy atom. The summed E-state index contributed by atoms with van der Waals surface area (Å²) in [5, 5.41) is 0. The molecule has 0 aromatic carbocycles. The van der Waals surface area contributed by atoms with Crippen LogP contribution in [0, 0.1) is 0 Å². The van der Waals surface area contributed by atoms with Crippen molar-refractivity contribution in [3.63, 3.8) is 0 Å². The summed E-state index contributed by atoms with van der Waals surface area (Å²) < 4.78 is 10.0. The van der Waals surface area contributed by atoms with E-state index in [1.54, 1.807) is 7.11 Å². The van der Waals surface area contributed by atoms with Gasteiger partial charge < -0.3 is 14.9 Å². The molecule has 3 nitrogen and oxygen atoms in total. The molecule has 54 valence electrons. The van der Waals surface area contributed by atoms with Crippen molar-refractivity contribution in [3.8, 4) is 0 Å². The van der Waals surface area contributed by atoms with E-state index in [1.165, 1.54) is 0 Å². The van der Waals surface area contributed by atoms with Gasteiger partial charge in [0, 0.05) is 13.3 Å². The molecule has 0 heterocycles. The van der Waals surface area contributed by atoms with E-state index in [9.17, 15) is 0 Å². The summed E-state index contributed by atoms with van der Waals surface area (Å²) in [4.78, 5) is 0. The Bertz CT molecular complexity index is 62.9. The fourth-order valence-electron chi connectivity index (χ4n) is 0.459. The van der Waals surface area contributed by atoms with E-state index in [0.717, 1.165) is 0 Å². The summed E-state index contributed by atoms with van der Waals surface area (Å²) in [6, 6.07) is 0. The van der Waals surface area contributed by atoms with Crippen molar-refractivity contribution in [1.29, 1.82) is 0 Å². The van der Waals surface area contributed by atoms with Crippen LogP contribution in [0.25, 0.3) is 0 Å². The van der Waals surface area contributed by atoms with Crippen LogP contribution in [0.2, 0.25) is 0 Å². The van der Waals surface area contributed by atoms with E-state index in [2.05, 4.69) is 0 Å². The fourth-order valence-corrected chi connectivity index (χ4v) is 0.908. The molecule has 2 N–H and O–H groups in total. The van der Waals surface area contributed by atoms with Gasteiger partial charge >= 0.3 is 0 Å². The van der Waals surface area contributed by atoms with Gasteiger partial charge in [-0.3, -0.25) is 0 Å². The largest absolute Gasteiger partial charge is 0.411 e. The minimum atomic E-state index is 0.178. The van der Waals surface area contributed by atoms with Crippen molar-refractivity contribution < 1.29 is 9.16 Å². The normalized spacial score (nSPS) is 13.7. The molecule has 0 rings (SSSR count). The molecule has 0 aliphatic carbocycles. The highest BCUT2D eigenvalue weighted by molar-refractivity contribution is 6.27. The predicted octanol–water partition coefficient (Wildman–Crippen LogP) is -0.427. The zero-order chi connectivity index (χ0) is 7.11. The molecule has 1 unspecified atom stereocenters. The van der Waals surface area contributed by atoms with Crippen molar-refractivity contribution in [3.05, 3.63) is 0 Å². The molecule has 0 aromatic rings. The second-order valence-electron chi connectivity index (χ2n) is 1.73. The minimum absolute atomic E-state index is 0.178. The first-order chi connectivity index (χ1) is 4.31. The topological polar surface area (TPSA) is 44.5 Å². The van der Waals surface area contributed by atoms with E-state index in [0.29, 0.717) is 22.5 Å². The lowest BCUT2D eigenvalue weighted by Crippen LogP contribution is -2.22. The van der Waals surface area contributed by atoms with Gasteiger partial charge in [-0.25, -0.2) is 0 Å². The van der Waals surface area contributed by atoms with Crippen molar-refractivity contribution in [2.75, 3.05) is 19.9 Å². The predicted molar refractivity (Wildman–Crippen MR) is 37.2 cm³/mol. The smallest absolute Gasteiger partial charge is 0.245 e. The van der Waals surface area contributed by atoms with Gasteiger partial charge in [0.05, 0.1) is 12.7 Å². The molecular formula is C5H13NO2Si. The molecule has 4 heteroatoms. The highest BCUT2D eigenvalue weighted by Gasteiger charge is 1.98. The second-order valence-corrected chi connectivity index (χ2v) is 2.66. The van der Waals surface area contributed by atoms with Crippen LogP contribution in [0.1, 0.15) is 6.92 Å². The highest BCUT2D eigenvalue weighted by atomic mass is 28.2. The van der Waals surface area contributed by atoms with E-state index in [1.807, 2.05) is 6.92 Å². The lowest BCUT2D eigenvalue weighted by Gasteiger charge is -2.09. The second kappa shape index (κ2) is 6.22. The average molecular weight is 147 g/mol. The van der Waals surface area contributed by atoms with Gasteiger partial charge in [0.25, 0.3) is 0 Å². The van der Waals surface area contributed by atoms with Crippen molar-refractivity contribution in [2.45, 2.75) is 13.0 Å². The molecule has 0 aliphatic heterocycles. The maximum Gasteiger partial charge on any atom is 0.245 e. The number of rotatable bonds is 5. The van der Waals surface area contributed by atoms with Gasteiger partial charge in [0.1, 0.15) is 0 Å². The summed E-state index contributed by atoms with van der Waals surface area (Å²) in [6.07, 6.45) is 0.783. The average Bonchev–Trinajstić information content (AvgIpc) is 1.85. The molecule has 0 aliphatic rings. The first kappa shape index (κ1) is 9.10. The van der Waals surface area contributed by atoms with Gasteiger partial charge in [-0.1, -0.05) is 0 Å². The highest BCUT2D eigenvalue weighted by Crippen LogP contribution is 1.86. The van der Waals surface area contributed by atoms with Gasteiger partial charge in [-0.2, -0.15) is 0 Å². The van der Waals surface area contributed by atoms with Gasteiger partial charge in [-0.15, -0.1) is 0 Å². The Morgan fingerprint density at radius 1 is 1.67 bits per heavy atom. The first-order valence-corrected chi connectivity index (χ1v) is 4.00. The lowest BCUT2D eigenvalue weighted by atomic mass is 10.5. The maximum absolute atomic E-state index is 5.22. The van der Waals surface area contributed by atoms with Crippen molar-refractivity contribution in [2.24, 2.45) is 5.73 Å². The van der Waals surface area contributed by atoms with Crippen LogP contribution < -0.4 is 5.73 Å². The zero-order valence-corrected chi connectivity index (χ0v) is 6.89. The number of hydrogen-bond donors (Lipinski definition) is 1. The number of methoxy groups -OCH3 is 1. The SMILES string of the molecule is COCC(C)O[Si]CN. The summed E-state index contributed by atoms with van der Waals surface area (Å²) in [7, 11) is 2.06. The Morgan fingerprint density at radius 3 is 2.78 bits per heavy atom. The van der Waals surface area contributed by atoms with Crippen LogP contribution in [0.3, 0.4) is 0 Å². The zero-order valence-electron chi connectivity index (χ0n) is 5.89. The van der Waals surface area contributed by atoms with Crippen molar-refractivity contribution >= 4 is 9.76 Å². The number of ether oxygens (including phenoxy) is 1. The van der Waals surface area contributed by atoms with Gasteiger partial charge in [0.2, 0.25) is 9.76 Å². The molecule has 0 fully saturated rings. The maximum atomic E-state index is 5.22. The molecule has 1 atom stereocenters. The standard InChI is InChI=1S/C5H13NO2Si/c1-5(3-7-2)8-9-4-6/h5H,3-4,6H2,1-2H3. The van der Waals surface area contributed by atoms with Gasteiger partial charge in [-0.05, 0) is 6.92 Å². The fraction of sp³-hybridized carbons (Fsp3) is 1.00. The lowest BCUT2D eigenvalue weighted by molar-refractivity contribution is 0.0950.